The summed E-state index contributed by atoms with van der Waals surface area (Å²) < 4.78 is 10.7. The average Bonchev–Trinajstić information content (AvgIpc) is 2.40. The summed E-state index contributed by atoms with van der Waals surface area (Å²) in [6.07, 6.45) is 0.384. The van der Waals surface area contributed by atoms with Crippen LogP contribution in [0.2, 0.25) is 0 Å². The molecule has 1 fully saturated rings. The van der Waals surface area contributed by atoms with E-state index in [4.69, 9.17) is 15.2 Å². The highest BCUT2D eigenvalue weighted by Gasteiger charge is 2.16. The monoisotopic (exact) mass is 250 g/mol. The van der Waals surface area contributed by atoms with E-state index in [9.17, 15) is 4.79 Å². The molecule has 0 aromatic heterocycles. The van der Waals surface area contributed by atoms with Crippen molar-refractivity contribution in [2.24, 2.45) is 0 Å². The Morgan fingerprint density at radius 1 is 1.39 bits per heavy atom. The number of nitrogens with two attached hydrogens (primary N) is 1. The molecule has 1 aliphatic rings. The van der Waals surface area contributed by atoms with Crippen LogP contribution in [0, 0.1) is 0 Å². The Kier molecular flexibility index (Phi) is 4.41. The molecule has 2 N–H and O–H groups in total. The van der Waals surface area contributed by atoms with Crippen molar-refractivity contribution in [1.29, 1.82) is 0 Å². The predicted molar refractivity (Wildman–Crippen MR) is 68.4 cm³/mol. The highest BCUT2D eigenvalue weighted by Crippen LogP contribution is 2.14. The average molecular weight is 250 g/mol. The molecule has 0 aliphatic carbocycles. The van der Waals surface area contributed by atoms with Gasteiger partial charge in [-0.25, -0.2) is 0 Å². The smallest absolute Gasteiger partial charge is 0.226 e. The first-order chi connectivity index (χ1) is 8.75. The molecule has 5 heteroatoms. The summed E-state index contributed by atoms with van der Waals surface area (Å²) in [5, 5.41) is 0. The lowest BCUT2D eigenvalue weighted by molar-refractivity contribution is -0.135. The minimum absolute atomic E-state index is 0.113. The molecule has 18 heavy (non-hydrogen) atoms. The van der Waals surface area contributed by atoms with Crippen molar-refractivity contribution in [3.8, 4) is 5.75 Å². The van der Waals surface area contributed by atoms with Gasteiger partial charge in [-0.1, -0.05) is 6.07 Å². The molecule has 0 radical (unpaired) electrons. The van der Waals surface area contributed by atoms with Crippen molar-refractivity contribution >= 4 is 11.6 Å². The molecule has 1 amide bonds. The summed E-state index contributed by atoms with van der Waals surface area (Å²) in [6.45, 7) is 2.98. The fourth-order valence-electron chi connectivity index (χ4n) is 1.83. The lowest BCUT2D eigenvalue weighted by Crippen LogP contribution is -2.41. The first-order valence-electron chi connectivity index (χ1n) is 6.09. The molecule has 5 nitrogen and oxygen atoms in total. The van der Waals surface area contributed by atoms with E-state index in [0.29, 0.717) is 50.8 Å². The third-order valence-corrected chi connectivity index (χ3v) is 2.81. The maximum absolute atomic E-state index is 11.8. The SMILES string of the molecule is Nc1cccc(OCCC(=O)N2CCOCC2)c1. The second-order valence-corrected chi connectivity index (χ2v) is 4.16. The quantitative estimate of drug-likeness (QED) is 0.806. The number of carbonyl (C=O) groups excluding carboxylic acids is 1. The Morgan fingerprint density at radius 3 is 2.89 bits per heavy atom. The molecule has 1 aromatic rings. The Hall–Kier alpha value is -1.75. The first kappa shape index (κ1) is 12.7. The van der Waals surface area contributed by atoms with Crippen LogP contribution in [-0.2, 0) is 9.53 Å². The second-order valence-electron chi connectivity index (χ2n) is 4.16. The lowest BCUT2D eigenvalue weighted by Gasteiger charge is -2.26. The number of anilines is 1. The minimum atomic E-state index is 0.113. The summed E-state index contributed by atoms with van der Waals surface area (Å²) in [6, 6.07) is 7.20. The van der Waals surface area contributed by atoms with Crippen LogP contribution in [0.15, 0.2) is 24.3 Å². The van der Waals surface area contributed by atoms with Gasteiger partial charge in [-0.2, -0.15) is 0 Å². The minimum Gasteiger partial charge on any atom is -0.493 e. The van der Waals surface area contributed by atoms with Crippen molar-refractivity contribution in [3.63, 3.8) is 0 Å². The molecule has 2 rings (SSSR count). The Bertz CT molecular complexity index is 403. The van der Waals surface area contributed by atoms with Crippen LogP contribution >= 0.6 is 0 Å². The fraction of sp³-hybridized carbons (Fsp3) is 0.462. The number of nitrogen functional groups attached to an aromatic ring is 1. The molecule has 0 atom stereocenters. The van der Waals surface area contributed by atoms with E-state index in [1.165, 1.54) is 0 Å². The van der Waals surface area contributed by atoms with E-state index >= 15 is 0 Å². The summed E-state index contributed by atoms with van der Waals surface area (Å²) in [5.41, 5.74) is 6.30. The number of carbonyl (C=O) groups is 1. The van der Waals surface area contributed by atoms with Crippen LogP contribution in [-0.4, -0.2) is 43.7 Å². The van der Waals surface area contributed by atoms with Crippen LogP contribution in [0.5, 0.6) is 5.75 Å². The van der Waals surface area contributed by atoms with Gasteiger partial charge in [-0.3, -0.25) is 4.79 Å². The third-order valence-electron chi connectivity index (χ3n) is 2.81. The van der Waals surface area contributed by atoms with Crippen LogP contribution in [0.25, 0.3) is 0 Å². The summed E-state index contributed by atoms with van der Waals surface area (Å²) in [7, 11) is 0. The van der Waals surface area contributed by atoms with Gasteiger partial charge in [0.15, 0.2) is 0 Å². The number of rotatable bonds is 4. The highest BCUT2D eigenvalue weighted by atomic mass is 16.5. The molecule has 1 saturated heterocycles. The van der Waals surface area contributed by atoms with E-state index in [1.807, 2.05) is 17.0 Å². The number of morpholine rings is 1. The van der Waals surface area contributed by atoms with Gasteiger partial charge >= 0.3 is 0 Å². The van der Waals surface area contributed by atoms with E-state index in [-0.39, 0.29) is 5.91 Å². The Morgan fingerprint density at radius 2 is 2.17 bits per heavy atom. The second kappa shape index (κ2) is 6.26. The molecule has 0 unspecified atom stereocenters. The molecule has 0 spiro atoms. The molecule has 98 valence electrons. The van der Waals surface area contributed by atoms with Crippen molar-refractivity contribution in [3.05, 3.63) is 24.3 Å². The zero-order valence-electron chi connectivity index (χ0n) is 10.3. The van der Waals surface area contributed by atoms with Crippen molar-refractivity contribution in [2.45, 2.75) is 6.42 Å². The van der Waals surface area contributed by atoms with E-state index in [0.717, 1.165) is 0 Å². The molecule has 0 saturated carbocycles. The van der Waals surface area contributed by atoms with Gasteiger partial charge in [0, 0.05) is 24.8 Å². The number of benzene rings is 1. The maximum atomic E-state index is 11.8. The van der Waals surface area contributed by atoms with Gasteiger partial charge < -0.3 is 20.1 Å². The van der Waals surface area contributed by atoms with Gasteiger partial charge in [0.25, 0.3) is 0 Å². The number of amides is 1. The number of nitrogens with zero attached hydrogens (tertiary/aromatic N) is 1. The third kappa shape index (κ3) is 3.63. The van der Waals surface area contributed by atoms with Crippen molar-refractivity contribution < 1.29 is 14.3 Å². The Labute approximate surface area is 106 Å². The van der Waals surface area contributed by atoms with Gasteiger partial charge in [0.2, 0.25) is 5.91 Å². The van der Waals surface area contributed by atoms with Gasteiger partial charge in [0.05, 0.1) is 26.2 Å². The molecular formula is C13H18N2O3. The zero-order valence-corrected chi connectivity index (χ0v) is 10.3. The summed E-state index contributed by atoms with van der Waals surface area (Å²) in [4.78, 5) is 13.6. The summed E-state index contributed by atoms with van der Waals surface area (Å²) in [5.74, 6) is 0.812. The van der Waals surface area contributed by atoms with E-state index in [1.54, 1.807) is 12.1 Å². The van der Waals surface area contributed by atoms with E-state index in [2.05, 4.69) is 0 Å². The summed E-state index contributed by atoms with van der Waals surface area (Å²) >= 11 is 0. The molecular weight excluding hydrogens is 232 g/mol. The van der Waals surface area contributed by atoms with Crippen molar-refractivity contribution in [2.75, 3.05) is 38.6 Å². The fourth-order valence-corrected chi connectivity index (χ4v) is 1.83. The number of hydrogen-bond donors (Lipinski definition) is 1. The van der Waals surface area contributed by atoms with Gasteiger partial charge in [-0.05, 0) is 12.1 Å². The zero-order chi connectivity index (χ0) is 12.8. The predicted octanol–water partition coefficient (Wildman–Crippen LogP) is 0.896. The maximum Gasteiger partial charge on any atom is 0.226 e. The van der Waals surface area contributed by atoms with Crippen LogP contribution in [0.1, 0.15) is 6.42 Å². The van der Waals surface area contributed by atoms with Crippen LogP contribution in [0.4, 0.5) is 5.69 Å². The molecule has 1 aromatic carbocycles. The topological polar surface area (TPSA) is 64.8 Å². The molecule has 1 heterocycles. The number of ether oxygens (including phenoxy) is 2. The molecule has 0 bridgehead atoms. The van der Waals surface area contributed by atoms with Gasteiger partial charge in [0.1, 0.15) is 5.75 Å². The molecule has 1 aliphatic heterocycles. The first-order valence-corrected chi connectivity index (χ1v) is 6.09. The standard InChI is InChI=1S/C13H18N2O3/c14-11-2-1-3-12(10-11)18-7-4-13(16)15-5-8-17-9-6-15/h1-3,10H,4-9,14H2. The Balaban J connectivity index is 1.73. The lowest BCUT2D eigenvalue weighted by atomic mass is 10.3. The van der Waals surface area contributed by atoms with Crippen LogP contribution < -0.4 is 10.5 Å². The highest BCUT2D eigenvalue weighted by molar-refractivity contribution is 5.76. The van der Waals surface area contributed by atoms with Crippen molar-refractivity contribution in [1.82, 2.24) is 4.90 Å². The van der Waals surface area contributed by atoms with Crippen LogP contribution in [0.3, 0.4) is 0 Å². The van der Waals surface area contributed by atoms with E-state index < -0.39 is 0 Å². The normalized spacial score (nSPS) is 15.4. The van der Waals surface area contributed by atoms with Gasteiger partial charge in [-0.15, -0.1) is 0 Å². The largest absolute Gasteiger partial charge is 0.493 e. The number of hydrogen-bond acceptors (Lipinski definition) is 4.